The van der Waals surface area contributed by atoms with Gasteiger partial charge in [-0.15, -0.1) is 6.58 Å². The first-order valence-electron chi connectivity index (χ1n) is 10.9. The Morgan fingerprint density at radius 1 is 1.09 bits per heavy atom. The van der Waals surface area contributed by atoms with Gasteiger partial charge in [0.25, 0.3) is 17.6 Å². The van der Waals surface area contributed by atoms with Crippen LogP contribution in [-0.2, 0) is 24.7 Å². The highest BCUT2D eigenvalue weighted by atomic mass is 16.5. The smallest absolute Gasteiger partial charge is 0.296 e. The quantitative estimate of drug-likeness (QED) is 0.213. The first-order valence-corrected chi connectivity index (χ1v) is 10.9. The van der Waals surface area contributed by atoms with E-state index in [1.807, 2.05) is 0 Å². The zero-order valence-corrected chi connectivity index (χ0v) is 19.1. The van der Waals surface area contributed by atoms with Crippen molar-refractivity contribution in [2.24, 2.45) is 0 Å². The summed E-state index contributed by atoms with van der Waals surface area (Å²) in [6.45, 7) is 4.36. The Kier molecular flexibility index (Phi) is 6.26. The van der Waals surface area contributed by atoms with Gasteiger partial charge in [-0.1, -0.05) is 24.3 Å². The highest BCUT2D eigenvalue weighted by molar-refractivity contribution is 6.50. The third-order valence-electron chi connectivity index (χ3n) is 6.21. The van der Waals surface area contributed by atoms with Crippen molar-refractivity contribution in [1.29, 1.82) is 0 Å². The summed E-state index contributed by atoms with van der Waals surface area (Å²) in [5.74, 6) is -2.09. The second-order valence-electron chi connectivity index (χ2n) is 8.02. The number of Topliss-reactive ketones (excluding diaryl/α,β-unsaturated/α-hetero) is 1. The molecule has 2 aliphatic rings. The molecular weight excluding hydrogens is 436 g/mol. The molecule has 2 amide bonds. The Bertz CT molecular complexity index is 1190. The minimum absolute atomic E-state index is 0.0970. The second kappa shape index (κ2) is 9.15. The number of likely N-dealkylation sites (tertiary alicyclic amines) is 1. The summed E-state index contributed by atoms with van der Waals surface area (Å²) in [6.07, 6.45) is 1.99. The molecule has 2 aromatic carbocycles. The van der Waals surface area contributed by atoms with Crippen LogP contribution in [0, 0.1) is 0 Å². The lowest BCUT2D eigenvalue weighted by Crippen LogP contribution is -2.52. The van der Waals surface area contributed by atoms with Crippen LogP contribution >= 0.6 is 0 Å². The van der Waals surface area contributed by atoms with E-state index in [1.54, 1.807) is 54.6 Å². The number of benzene rings is 2. The molecule has 2 heterocycles. The van der Waals surface area contributed by atoms with Crippen molar-refractivity contribution >= 4 is 29.0 Å². The van der Waals surface area contributed by atoms with Gasteiger partial charge < -0.3 is 24.4 Å². The van der Waals surface area contributed by atoms with Gasteiger partial charge in [-0.2, -0.15) is 0 Å². The van der Waals surface area contributed by atoms with Crippen LogP contribution in [0.15, 0.2) is 66.8 Å². The lowest BCUT2D eigenvalue weighted by Gasteiger charge is -2.34. The first-order chi connectivity index (χ1) is 16.4. The van der Waals surface area contributed by atoms with E-state index in [0.29, 0.717) is 35.6 Å². The van der Waals surface area contributed by atoms with Gasteiger partial charge in [0.1, 0.15) is 11.5 Å². The van der Waals surface area contributed by atoms with Crippen molar-refractivity contribution in [1.82, 2.24) is 4.90 Å². The topological polar surface area (TPSA) is 96.4 Å². The van der Waals surface area contributed by atoms with Crippen molar-refractivity contribution in [3.05, 3.63) is 77.9 Å². The number of carbonyl (C=O) groups excluding carboxylic acids is 3. The molecule has 1 N–H and O–H groups in total. The molecule has 4 rings (SSSR count). The van der Waals surface area contributed by atoms with Crippen molar-refractivity contribution in [3.8, 4) is 5.75 Å². The summed E-state index contributed by atoms with van der Waals surface area (Å²) in [6, 6.07) is 13.4. The lowest BCUT2D eigenvalue weighted by atomic mass is 9.82. The van der Waals surface area contributed by atoms with E-state index < -0.39 is 28.9 Å². The molecule has 0 radical (unpaired) electrons. The number of aliphatic hydroxyl groups is 1. The minimum atomic E-state index is -1.79. The molecule has 8 nitrogen and oxygen atoms in total. The highest BCUT2D eigenvalue weighted by Crippen LogP contribution is 2.53. The third-order valence-corrected chi connectivity index (χ3v) is 6.21. The Morgan fingerprint density at radius 2 is 1.79 bits per heavy atom. The SMILES string of the molecule is C=CCN1C(=O)[C@]2(C(=C(O)c3ccc(OC)cc3)C(=O)C(=O)N2CCCOC)c2ccccc21. The number of fused-ring (bicyclic) bond motifs is 2. The van der Waals surface area contributed by atoms with E-state index in [9.17, 15) is 19.5 Å². The molecule has 1 saturated heterocycles. The molecule has 176 valence electrons. The number of methoxy groups -OCH3 is 2. The molecule has 2 aromatic rings. The van der Waals surface area contributed by atoms with Gasteiger partial charge in [-0.05, 0) is 36.8 Å². The zero-order valence-electron chi connectivity index (χ0n) is 19.1. The zero-order chi connectivity index (χ0) is 24.5. The number of hydrogen-bond acceptors (Lipinski definition) is 6. The number of amides is 2. The Hall–Kier alpha value is -3.91. The van der Waals surface area contributed by atoms with Crippen LogP contribution in [0.5, 0.6) is 5.75 Å². The number of para-hydroxylation sites is 1. The van der Waals surface area contributed by atoms with Crippen LogP contribution in [0.25, 0.3) is 5.76 Å². The van der Waals surface area contributed by atoms with Gasteiger partial charge >= 0.3 is 0 Å². The van der Waals surface area contributed by atoms with Crippen molar-refractivity contribution in [2.75, 3.05) is 38.8 Å². The van der Waals surface area contributed by atoms with E-state index in [-0.39, 0.29) is 18.7 Å². The van der Waals surface area contributed by atoms with Gasteiger partial charge in [-0.3, -0.25) is 14.4 Å². The fourth-order valence-electron chi connectivity index (χ4n) is 4.74. The van der Waals surface area contributed by atoms with Gasteiger partial charge in [-0.25, -0.2) is 0 Å². The maximum Gasteiger partial charge on any atom is 0.296 e. The maximum atomic E-state index is 14.1. The monoisotopic (exact) mass is 462 g/mol. The highest BCUT2D eigenvalue weighted by Gasteiger charge is 2.66. The molecule has 1 atom stereocenters. The van der Waals surface area contributed by atoms with E-state index in [4.69, 9.17) is 9.47 Å². The molecule has 2 aliphatic heterocycles. The van der Waals surface area contributed by atoms with Gasteiger partial charge in [0.15, 0.2) is 5.54 Å². The fourth-order valence-corrected chi connectivity index (χ4v) is 4.74. The number of aliphatic hydroxyl groups excluding tert-OH is 1. The van der Waals surface area contributed by atoms with Gasteiger partial charge in [0, 0.05) is 37.9 Å². The van der Waals surface area contributed by atoms with Crippen LogP contribution in [0.4, 0.5) is 5.69 Å². The second-order valence-corrected chi connectivity index (χ2v) is 8.02. The summed E-state index contributed by atoms with van der Waals surface area (Å²) in [5, 5.41) is 11.4. The standard InChI is InChI=1S/C26H26N2O6/c1-4-14-27-20-9-6-5-8-19(20)26(25(27)32)21(22(29)17-10-12-18(34-3)13-11-17)23(30)24(31)28(26)15-7-16-33-2/h4-6,8-13,29H,1,7,14-16H2,2-3H3/t26-/m1/s1. The fraction of sp³-hybridized carbons (Fsp3) is 0.269. The van der Waals surface area contributed by atoms with Gasteiger partial charge in [0.05, 0.1) is 18.4 Å². The normalized spacial score (nSPS) is 20.8. The predicted octanol–water partition coefficient (Wildman–Crippen LogP) is 2.84. The van der Waals surface area contributed by atoms with Crippen LogP contribution in [0.1, 0.15) is 17.5 Å². The van der Waals surface area contributed by atoms with Crippen LogP contribution in [0.3, 0.4) is 0 Å². The maximum absolute atomic E-state index is 14.1. The van der Waals surface area contributed by atoms with Gasteiger partial charge in [0.2, 0.25) is 0 Å². The summed E-state index contributed by atoms with van der Waals surface area (Å²) in [4.78, 5) is 43.6. The average molecular weight is 463 g/mol. The number of hydrogen-bond donors (Lipinski definition) is 1. The van der Waals surface area contributed by atoms with E-state index in [1.165, 1.54) is 24.0 Å². The number of carbonyl (C=O) groups is 3. The molecular formula is C26H26N2O6. The summed E-state index contributed by atoms with van der Waals surface area (Å²) in [7, 11) is 3.05. The predicted molar refractivity (Wildman–Crippen MR) is 126 cm³/mol. The van der Waals surface area contributed by atoms with Crippen LogP contribution in [-0.4, -0.2) is 61.5 Å². The Balaban J connectivity index is 2.00. The number of anilines is 1. The van der Waals surface area contributed by atoms with Crippen LogP contribution in [0.2, 0.25) is 0 Å². The van der Waals surface area contributed by atoms with Crippen LogP contribution < -0.4 is 9.64 Å². The molecule has 0 unspecified atom stereocenters. The summed E-state index contributed by atoms with van der Waals surface area (Å²) in [5.41, 5.74) is -0.710. The molecule has 1 spiro atoms. The molecule has 1 fully saturated rings. The van der Waals surface area contributed by atoms with Crippen molar-refractivity contribution in [2.45, 2.75) is 12.0 Å². The average Bonchev–Trinajstić information content (AvgIpc) is 3.23. The molecule has 8 heteroatoms. The Morgan fingerprint density at radius 3 is 2.44 bits per heavy atom. The number of rotatable bonds is 8. The molecule has 0 saturated carbocycles. The molecule has 0 aliphatic carbocycles. The third kappa shape index (κ3) is 3.30. The first kappa shape index (κ1) is 23.3. The van der Waals surface area contributed by atoms with Crippen molar-refractivity contribution in [3.63, 3.8) is 0 Å². The van der Waals surface area contributed by atoms with E-state index >= 15 is 0 Å². The lowest BCUT2D eigenvalue weighted by molar-refractivity contribution is -0.143. The number of ketones is 1. The largest absolute Gasteiger partial charge is 0.507 e. The van der Waals surface area contributed by atoms with Crippen molar-refractivity contribution < 1.29 is 29.0 Å². The molecule has 34 heavy (non-hydrogen) atoms. The Labute approximate surface area is 197 Å². The van der Waals surface area contributed by atoms with E-state index in [0.717, 1.165) is 0 Å². The number of nitrogens with zero attached hydrogens (tertiary/aromatic N) is 2. The minimum Gasteiger partial charge on any atom is -0.507 e. The van der Waals surface area contributed by atoms with E-state index in [2.05, 4.69) is 6.58 Å². The summed E-state index contributed by atoms with van der Waals surface area (Å²) >= 11 is 0. The number of ether oxygens (including phenoxy) is 2. The molecule has 0 aromatic heterocycles. The molecule has 0 bridgehead atoms. The summed E-state index contributed by atoms with van der Waals surface area (Å²) < 4.78 is 10.3.